The molecule has 32 heavy (non-hydrogen) atoms. The molecule has 1 fully saturated rings. The Balaban J connectivity index is 1.44. The van der Waals surface area contributed by atoms with Crippen molar-refractivity contribution >= 4 is 23.2 Å². The Morgan fingerprint density at radius 3 is 2.62 bits per heavy atom. The van der Waals surface area contributed by atoms with Crippen molar-refractivity contribution in [2.45, 2.75) is 32.2 Å². The summed E-state index contributed by atoms with van der Waals surface area (Å²) in [6.45, 7) is 3.22. The van der Waals surface area contributed by atoms with Crippen LogP contribution in [0.3, 0.4) is 0 Å². The monoisotopic (exact) mass is 436 g/mol. The lowest BCUT2D eigenvalue weighted by Gasteiger charge is -2.23. The zero-order valence-electron chi connectivity index (χ0n) is 17.8. The molecular weight excluding hydrogens is 411 g/mol. The van der Waals surface area contributed by atoms with Gasteiger partial charge in [-0.3, -0.25) is 14.3 Å². The molecule has 0 spiro atoms. The van der Waals surface area contributed by atoms with E-state index in [0.717, 1.165) is 24.1 Å². The molecule has 2 N–H and O–H groups in total. The smallest absolute Gasteiger partial charge is 0.259 e. The number of anilines is 2. The second kappa shape index (κ2) is 9.74. The molecule has 0 bridgehead atoms. The maximum absolute atomic E-state index is 14.3. The van der Waals surface area contributed by atoms with Crippen molar-refractivity contribution in [3.8, 4) is 0 Å². The van der Waals surface area contributed by atoms with Gasteiger partial charge in [0, 0.05) is 24.6 Å². The van der Waals surface area contributed by atoms with Crippen LogP contribution >= 0.6 is 0 Å². The number of rotatable bonds is 6. The molecule has 1 aliphatic heterocycles. The number of carbonyl (C=O) groups is 2. The number of nitrogens with one attached hydrogen (secondary N) is 2. The third-order valence-electron chi connectivity index (χ3n) is 5.53. The van der Waals surface area contributed by atoms with E-state index in [2.05, 4.69) is 15.7 Å². The van der Waals surface area contributed by atoms with Crippen molar-refractivity contribution in [1.29, 1.82) is 0 Å². The van der Waals surface area contributed by atoms with Crippen LogP contribution in [0.1, 0.15) is 40.5 Å². The van der Waals surface area contributed by atoms with E-state index < -0.39 is 5.82 Å². The van der Waals surface area contributed by atoms with Gasteiger partial charge in [0.1, 0.15) is 5.82 Å². The minimum Gasteiger partial charge on any atom is -0.381 e. The first-order valence-electron chi connectivity index (χ1n) is 10.6. The number of halogens is 1. The minimum atomic E-state index is -0.576. The van der Waals surface area contributed by atoms with Gasteiger partial charge in [0.2, 0.25) is 5.91 Å². The number of hydrogen-bond donors (Lipinski definition) is 2. The number of nitrogens with zero attached hydrogens (tertiary/aromatic N) is 2. The van der Waals surface area contributed by atoms with Gasteiger partial charge in [-0.05, 0) is 43.5 Å². The Labute approximate surface area is 185 Å². The number of ether oxygens (including phenoxy) is 1. The number of benzene rings is 2. The van der Waals surface area contributed by atoms with Crippen molar-refractivity contribution < 1.29 is 18.7 Å². The van der Waals surface area contributed by atoms with Crippen LogP contribution in [0.25, 0.3) is 0 Å². The van der Waals surface area contributed by atoms with Gasteiger partial charge in [-0.15, -0.1) is 0 Å². The minimum absolute atomic E-state index is 0.0124. The lowest BCUT2D eigenvalue weighted by atomic mass is 10.1. The van der Waals surface area contributed by atoms with Crippen molar-refractivity contribution in [2.75, 3.05) is 23.8 Å². The van der Waals surface area contributed by atoms with E-state index in [1.807, 2.05) is 41.9 Å². The van der Waals surface area contributed by atoms with Crippen molar-refractivity contribution in [2.24, 2.45) is 0 Å². The summed E-state index contributed by atoms with van der Waals surface area (Å²) in [6.07, 6.45) is 3.38. The van der Waals surface area contributed by atoms with Crippen LogP contribution in [0, 0.1) is 12.7 Å². The van der Waals surface area contributed by atoms with Crippen molar-refractivity contribution in [1.82, 2.24) is 9.78 Å². The molecule has 2 aromatic carbocycles. The van der Waals surface area contributed by atoms with E-state index in [0.29, 0.717) is 24.5 Å². The SMILES string of the molecule is Cc1c(C(=O)Nc2ccc(F)c(NC(=O)Cc3ccccc3)c2)cnn1C1CCOCC1. The van der Waals surface area contributed by atoms with Crippen molar-refractivity contribution in [3.63, 3.8) is 0 Å². The first-order valence-corrected chi connectivity index (χ1v) is 10.6. The number of hydrogen-bond acceptors (Lipinski definition) is 4. The summed E-state index contributed by atoms with van der Waals surface area (Å²) in [7, 11) is 0. The highest BCUT2D eigenvalue weighted by Gasteiger charge is 2.22. The molecule has 0 unspecified atom stereocenters. The molecule has 0 radical (unpaired) electrons. The molecule has 2 amide bonds. The van der Waals surface area contributed by atoms with Gasteiger partial charge < -0.3 is 15.4 Å². The van der Waals surface area contributed by atoms with Gasteiger partial charge in [0.15, 0.2) is 0 Å². The molecule has 1 aromatic heterocycles. The molecule has 8 heteroatoms. The third-order valence-corrected chi connectivity index (χ3v) is 5.53. The predicted molar refractivity (Wildman–Crippen MR) is 119 cm³/mol. The van der Waals surface area contributed by atoms with Gasteiger partial charge in [-0.25, -0.2) is 4.39 Å². The summed E-state index contributed by atoms with van der Waals surface area (Å²) in [6, 6.07) is 13.5. The Morgan fingerprint density at radius 2 is 1.88 bits per heavy atom. The summed E-state index contributed by atoms with van der Waals surface area (Å²) < 4.78 is 21.5. The molecular formula is C24H25FN4O3. The fraction of sp³-hybridized carbons (Fsp3) is 0.292. The first kappa shape index (κ1) is 21.7. The molecule has 3 aromatic rings. The summed E-state index contributed by atoms with van der Waals surface area (Å²) in [5, 5.41) is 9.74. The highest BCUT2D eigenvalue weighted by atomic mass is 19.1. The molecule has 1 aliphatic rings. The Hall–Kier alpha value is -3.52. The Morgan fingerprint density at radius 1 is 1.12 bits per heavy atom. The zero-order chi connectivity index (χ0) is 22.5. The highest BCUT2D eigenvalue weighted by Crippen LogP contribution is 2.25. The van der Waals surface area contributed by atoms with E-state index in [4.69, 9.17) is 4.74 Å². The normalized spacial score (nSPS) is 14.2. The third kappa shape index (κ3) is 5.03. The van der Waals surface area contributed by atoms with Crippen LogP contribution in [0.15, 0.2) is 54.7 Å². The van der Waals surface area contributed by atoms with E-state index >= 15 is 0 Å². The van der Waals surface area contributed by atoms with Gasteiger partial charge in [-0.1, -0.05) is 30.3 Å². The average molecular weight is 436 g/mol. The Kier molecular flexibility index (Phi) is 6.61. The summed E-state index contributed by atoms with van der Waals surface area (Å²) in [4.78, 5) is 25.1. The molecule has 7 nitrogen and oxygen atoms in total. The molecule has 4 rings (SSSR count). The largest absolute Gasteiger partial charge is 0.381 e. The van der Waals surface area contributed by atoms with Crippen LogP contribution < -0.4 is 10.6 Å². The summed E-state index contributed by atoms with van der Waals surface area (Å²) >= 11 is 0. The van der Waals surface area contributed by atoms with Crippen LogP contribution in [-0.2, 0) is 16.0 Å². The van der Waals surface area contributed by atoms with Crippen LogP contribution in [-0.4, -0.2) is 34.8 Å². The van der Waals surface area contributed by atoms with E-state index in [9.17, 15) is 14.0 Å². The molecule has 166 valence electrons. The molecule has 0 saturated carbocycles. The topological polar surface area (TPSA) is 85.3 Å². The maximum atomic E-state index is 14.3. The maximum Gasteiger partial charge on any atom is 0.259 e. The highest BCUT2D eigenvalue weighted by molar-refractivity contribution is 6.05. The van der Waals surface area contributed by atoms with Crippen LogP contribution in [0.4, 0.5) is 15.8 Å². The predicted octanol–water partition coefficient (Wildman–Crippen LogP) is 4.12. The fourth-order valence-corrected chi connectivity index (χ4v) is 3.82. The quantitative estimate of drug-likeness (QED) is 0.609. The lowest BCUT2D eigenvalue weighted by molar-refractivity contribution is -0.115. The van der Waals surface area contributed by atoms with E-state index in [1.165, 1.54) is 18.2 Å². The molecule has 0 aliphatic carbocycles. The number of aromatic nitrogens is 2. The second-order valence-electron chi connectivity index (χ2n) is 7.79. The number of amides is 2. The number of carbonyl (C=O) groups excluding carboxylic acids is 2. The van der Waals surface area contributed by atoms with E-state index in [-0.39, 0.29) is 30.0 Å². The second-order valence-corrected chi connectivity index (χ2v) is 7.79. The molecule has 0 atom stereocenters. The van der Waals surface area contributed by atoms with Crippen LogP contribution in [0.5, 0.6) is 0 Å². The Bertz CT molecular complexity index is 1110. The summed E-state index contributed by atoms with van der Waals surface area (Å²) in [5.41, 5.74) is 2.44. The van der Waals surface area contributed by atoms with E-state index in [1.54, 1.807) is 6.20 Å². The van der Waals surface area contributed by atoms with Crippen LogP contribution in [0.2, 0.25) is 0 Å². The van der Waals surface area contributed by atoms with Gasteiger partial charge in [-0.2, -0.15) is 5.10 Å². The molecule has 2 heterocycles. The lowest BCUT2D eigenvalue weighted by Crippen LogP contribution is -2.22. The average Bonchev–Trinajstić information content (AvgIpc) is 3.18. The van der Waals surface area contributed by atoms with Crippen molar-refractivity contribution in [3.05, 3.63) is 77.4 Å². The zero-order valence-corrected chi connectivity index (χ0v) is 17.8. The van der Waals surface area contributed by atoms with Gasteiger partial charge in [0.25, 0.3) is 5.91 Å². The van der Waals surface area contributed by atoms with Gasteiger partial charge >= 0.3 is 0 Å². The molecule has 1 saturated heterocycles. The van der Waals surface area contributed by atoms with Gasteiger partial charge in [0.05, 0.1) is 29.9 Å². The fourth-order valence-electron chi connectivity index (χ4n) is 3.82. The standard InChI is InChI=1S/C24H25FN4O3/c1-16-20(15-26-29(16)19-9-11-32-12-10-19)24(31)27-18-7-8-21(25)22(14-18)28-23(30)13-17-5-3-2-4-6-17/h2-8,14-15,19H,9-13H2,1H3,(H,27,31)(H,28,30). The summed E-state index contributed by atoms with van der Waals surface area (Å²) in [5.74, 6) is -1.26. The first-order chi connectivity index (χ1) is 15.5.